The molecule has 1 aliphatic rings. The fourth-order valence-corrected chi connectivity index (χ4v) is 2.33. The van der Waals surface area contributed by atoms with Gasteiger partial charge in [0.15, 0.2) is 0 Å². The predicted octanol–water partition coefficient (Wildman–Crippen LogP) is -0.653. The summed E-state index contributed by atoms with van der Waals surface area (Å²) in [6.07, 6.45) is 4.93. The van der Waals surface area contributed by atoms with Crippen LogP contribution < -0.4 is 10.9 Å². The van der Waals surface area contributed by atoms with Gasteiger partial charge in [-0.05, 0) is 32.4 Å². The molecule has 0 bridgehead atoms. The predicted molar refractivity (Wildman–Crippen MR) is 73.5 cm³/mol. The summed E-state index contributed by atoms with van der Waals surface area (Å²) < 4.78 is 0. The molecule has 20 heavy (non-hydrogen) atoms. The summed E-state index contributed by atoms with van der Waals surface area (Å²) in [4.78, 5) is 31.1. The molecule has 1 unspecified atom stereocenters. The summed E-state index contributed by atoms with van der Waals surface area (Å²) in [6.45, 7) is 3.09. The molecule has 0 saturated carbocycles. The standard InChI is InChI=1S/C13H20N4O3/c18-10-3-1-5-17(9-10)6-2-4-15-13(20)11-7-14-8-12(19)16-11/h7-8,10,18H,1-6,9H2,(H,15,20)(H,16,19). The Morgan fingerprint density at radius 2 is 2.40 bits per heavy atom. The van der Waals surface area contributed by atoms with Gasteiger partial charge in [-0.1, -0.05) is 0 Å². The Morgan fingerprint density at radius 1 is 1.55 bits per heavy atom. The number of rotatable bonds is 5. The van der Waals surface area contributed by atoms with Crippen molar-refractivity contribution in [2.75, 3.05) is 26.2 Å². The number of aliphatic hydroxyl groups excluding tert-OH is 1. The second-order valence-corrected chi connectivity index (χ2v) is 5.02. The van der Waals surface area contributed by atoms with Crippen LogP contribution in [0.1, 0.15) is 29.8 Å². The maximum Gasteiger partial charge on any atom is 0.269 e. The topological polar surface area (TPSA) is 98.3 Å². The molecule has 110 valence electrons. The van der Waals surface area contributed by atoms with Gasteiger partial charge in [-0.3, -0.25) is 14.6 Å². The summed E-state index contributed by atoms with van der Waals surface area (Å²) in [7, 11) is 0. The molecular weight excluding hydrogens is 260 g/mol. The highest BCUT2D eigenvalue weighted by atomic mass is 16.3. The van der Waals surface area contributed by atoms with Crippen molar-refractivity contribution in [2.45, 2.75) is 25.4 Å². The van der Waals surface area contributed by atoms with E-state index in [1.54, 1.807) is 0 Å². The van der Waals surface area contributed by atoms with Crippen LogP contribution in [0.15, 0.2) is 17.2 Å². The number of hydrogen-bond donors (Lipinski definition) is 3. The first kappa shape index (κ1) is 14.7. The van der Waals surface area contributed by atoms with Crippen LogP contribution in [0.25, 0.3) is 0 Å². The van der Waals surface area contributed by atoms with Gasteiger partial charge >= 0.3 is 0 Å². The first-order valence-electron chi connectivity index (χ1n) is 6.88. The number of carbonyl (C=O) groups excluding carboxylic acids is 1. The Balaban J connectivity index is 1.68. The van der Waals surface area contributed by atoms with Gasteiger partial charge in [0, 0.05) is 13.1 Å². The minimum Gasteiger partial charge on any atom is -0.392 e. The molecule has 1 amide bonds. The van der Waals surface area contributed by atoms with E-state index in [-0.39, 0.29) is 23.3 Å². The lowest BCUT2D eigenvalue weighted by molar-refractivity contribution is 0.0697. The van der Waals surface area contributed by atoms with Crippen molar-refractivity contribution < 1.29 is 9.90 Å². The molecule has 1 saturated heterocycles. The van der Waals surface area contributed by atoms with Crippen molar-refractivity contribution in [3.63, 3.8) is 0 Å². The Morgan fingerprint density at radius 3 is 3.15 bits per heavy atom. The zero-order valence-corrected chi connectivity index (χ0v) is 11.3. The van der Waals surface area contributed by atoms with Crippen molar-refractivity contribution in [3.8, 4) is 0 Å². The molecule has 0 aliphatic carbocycles. The van der Waals surface area contributed by atoms with E-state index < -0.39 is 0 Å². The zero-order chi connectivity index (χ0) is 14.4. The van der Waals surface area contributed by atoms with E-state index in [4.69, 9.17) is 0 Å². The van der Waals surface area contributed by atoms with Crippen LogP contribution in [-0.2, 0) is 0 Å². The second kappa shape index (κ2) is 7.16. The van der Waals surface area contributed by atoms with Crippen molar-refractivity contribution in [2.24, 2.45) is 0 Å². The SMILES string of the molecule is O=C(NCCCN1CCCC(O)C1)c1cncc(=O)[nH]1. The number of carbonyl (C=O) groups is 1. The fourth-order valence-electron chi connectivity index (χ4n) is 2.33. The van der Waals surface area contributed by atoms with Gasteiger partial charge in [-0.25, -0.2) is 0 Å². The molecule has 1 aromatic rings. The molecule has 7 heteroatoms. The quantitative estimate of drug-likeness (QED) is 0.622. The second-order valence-electron chi connectivity index (χ2n) is 5.02. The molecule has 0 radical (unpaired) electrons. The van der Waals surface area contributed by atoms with Crippen molar-refractivity contribution >= 4 is 5.91 Å². The van der Waals surface area contributed by atoms with E-state index in [1.807, 2.05) is 0 Å². The van der Waals surface area contributed by atoms with Crippen LogP contribution in [0.5, 0.6) is 0 Å². The molecule has 3 N–H and O–H groups in total. The summed E-state index contributed by atoms with van der Waals surface area (Å²) in [5, 5.41) is 12.3. The van der Waals surface area contributed by atoms with E-state index in [0.29, 0.717) is 13.1 Å². The van der Waals surface area contributed by atoms with E-state index in [1.165, 1.54) is 6.20 Å². The Labute approximate surface area is 117 Å². The number of nitrogens with zero attached hydrogens (tertiary/aromatic N) is 2. The van der Waals surface area contributed by atoms with Crippen molar-refractivity contribution in [1.82, 2.24) is 20.2 Å². The van der Waals surface area contributed by atoms with Crippen LogP contribution in [-0.4, -0.2) is 58.2 Å². The number of aromatic amines is 1. The van der Waals surface area contributed by atoms with Crippen LogP contribution in [0.3, 0.4) is 0 Å². The highest BCUT2D eigenvalue weighted by Crippen LogP contribution is 2.09. The maximum absolute atomic E-state index is 11.7. The van der Waals surface area contributed by atoms with Gasteiger partial charge in [0.25, 0.3) is 11.5 Å². The zero-order valence-electron chi connectivity index (χ0n) is 11.3. The van der Waals surface area contributed by atoms with Gasteiger partial charge in [0.05, 0.1) is 18.5 Å². The smallest absolute Gasteiger partial charge is 0.269 e. The van der Waals surface area contributed by atoms with Crippen LogP contribution in [0, 0.1) is 0 Å². The number of piperidine rings is 1. The van der Waals surface area contributed by atoms with Gasteiger partial charge < -0.3 is 20.3 Å². The van der Waals surface area contributed by atoms with Gasteiger partial charge in [0.1, 0.15) is 5.69 Å². The van der Waals surface area contributed by atoms with Gasteiger partial charge in [-0.2, -0.15) is 0 Å². The number of aromatic nitrogens is 2. The van der Waals surface area contributed by atoms with Gasteiger partial charge in [0.2, 0.25) is 0 Å². The Hall–Kier alpha value is -1.73. The maximum atomic E-state index is 11.7. The van der Waals surface area contributed by atoms with Crippen molar-refractivity contribution in [3.05, 3.63) is 28.4 Å². The largest absolute Gasteiger partial charge is 0.392 e. The number of β-amino-alcohol motifs (C(OH)–C–C–N with tert-alkyl or cyclic N) is 1. The molecule has 7 nitrogen and oxygen atoms in total. The molecule has 2 rings (SSSR count). The number of H-pyrrole nitrogens is 1. The average molecular weight is 280 g/mol. The normalized spacial score (nSPS) is 19.8. The number of hydrogen-bond acceptors (Lipinski definition) is 5. The van der Waals surface area contributed by atoms with E-state index in [0.717, 1.165) is 38.5 Å². The lowest BCUT2D eigenvalue weighted by Gasteiger charge is -2.29. The Kier molecular flexibility index (Phi) is 5.25. The van der Waals surface area contributed by atoms with E-state index >= 15 is 0 Å². The van der Waals surface area contributed by atoms with Crippen LogP contribution in [0.2, 0.25) is 0 Å². The highest BCUT2D eigenvalue weighted by molar-refractivity contribution is 5.91. The summed E-state index contributed by atoms with van der Waals surface area (Å²) in [6, 6.07) is 0. The summed E-state index contributed by atoms with van der Waals surface area (Å²) in [5.74, 6) is -0.325. The van der Waals surface area contributed by atoms with Crippen LogP contribution >= 0.6 is 0 Å². The number of nitrogens with one attached hydrogen (secondary N) is 2. The average Bonchev–Trinajstić information content (AvgIpc) is 2.43. The summed E-state index contributed by atoms with van der Waals surface area (Å²) in [5.41, 5.74) is -0.217. The fraction of sp³-hybridized carbons (Fsp3) is 0.615. The monoisotopic (exact) mass is 280 g/mol. The third-order valence-electron chi connectivity index (χ3n) is 3.32. The van der Waals surface area contributed by atoms with Crippen LogP contribution in [0.4, 0.5) is 0 Å². The molecule has 1 aliphatic heterocycles. The first-order valence-corrected chi connectivity index (χ1v) is 6.88. The molecule has 1 fully saturated rings. The molecule has 1 atom stereocenters. The number of likely N-dealkylation sites (tertiary alicyclic amines) is 1. The van der Waals surface area contributed by atoms with Gasteiger partial charge in [-0.15, -0.1) is 0 Å². The number of amides is 1. The number of aliphatic hydroxyl groups is 1. The van der Waals surface area contributed by atoms with E-state index in [9.17, 15) is 14.7 Å². The Bertz CT molecular complexity index is 502. The highest BCUT2D eigenvalue weighted by Gasteiger charge is 2.16. The lowest BCUT2D eigenvalue weighted by atomic mass is 10.1. The molecule has 1 aromatic heterocycles. The summed E-state index contributed by atoms with van der Waals surface area (Å²) >= 11 is 0. The first-order chi connectivity index (χ1) is 9.65. The minimum absolute atomic E-state index is 0.172. The molecule has 0 aromatic carbocycles. The lowest BCUT2D eigenvalue weighted by Crippen LogP contribution is -2.39. The van der Waals surface area contributed by atoms with Crippen molar-refractivity contribution in [1.29, 1.82) is 0 Å². The molecular formula is C13H20N4O3. The third-order valence-corrected chi connectivity index (χ3v) is 3.32. The minimum atomic E-state index is -0.389. The molecule has 0 spiro atoms. The van der Waals surface area contributed by atoms with E-state index in [2.05, 4.69) is 20.2 Å². The third kappa shape index (κ3) is 4.43. The molecule has 2 heterocycles.